The molecule has 3 aromatic carbocycles. The minimum atomic E-state index is -0.448. The maximum Gasteiger partial charge on any atom is 0.345 e. The summed E-state index contributed by atoms with van der Waals surface area (Å²) in [5, 5.41) is 0. The standard InChI is InChI=1S/C25H25N3O3S/c1-3-17(2)18-12-14-19(15-13-18)31-16-24(29)26-27-25(30)28-20-8-4-6-10-22(20)32-23-11-7-5-9-21(23)28/h4-15,17H,3,16H2,1-2H3,(H,26,29)(H,27,30). The molecule has 1 aliphatic rings. The Morgan fingerprint density at radius 1 is 0.906 bits per heavy atom. The van der Waals surface area contributed by atoms with Crippen LogP contribution in [-0.4, -0.2) is 18.5 Å². The van der Waals surface area contributed by atoms with E-state index in [1.807, 2.05) is 72.8 Å². The van der Waals surface area contributed by atoms with Crippen LogP contribution in [0.3, 0.4) is 0 Å². The SMILES string of the molecule is CCC(C)c1ccc(OCC(=O)NNC(=O)N2c3ccccc3Sc3ccccc32)cc1. The van der Waals surface area contributed by atoms with Gasteiger partial charge in [-0.25, -0.2) is 10.2 Å². The second-order valence-electron chi connectivity index (χ2n) is 7.52. The summed E-state index contributed by atoms with van der Waals surface area (Å²) in [6, 6.07) is 22.6. The summed E-state index contributed by atoms with van der Waals surface area (Å²) in [6.45, 7) is 4.11. The van der Waals surface area contributed by atoms with Crippen molar-refractivity contribution in [1.29, 1.82) is 0 Å². The third-order valence-corrected chi connectivity index (χ3v) is 6.51. The van der Waals surface area contributed by atoms with Crippen molar-refractivity contribution in [2.45, 2.75) is 36.0 Å². The van der Waals surface area contributed by atoms with Crippen LogP contribution in [0.5, 0.6) is 5.75 Å². The number of hydrogen-bond donors (Lipinski definition) is 2. The van der Waals surface area contributed by atoms with Gasteiger partial charge in [0.05, 0.1) is 11.4 Å². The van der Waals surface area contributed by atoms with Crippen LogP contribution in [-0.2, 0) is 4.79 Å². The molecule has 0 bridgehead atoms. The molecule has 0 saturated heterocycles. The zero-order valence-corrected chi connectivity index (χ0v) is 18.8. The van der Waals surface area contributed by atoms with E-state index in [9.17, 15) is 9.59 Å². The number of nitrogens with one attached hydrogen (secondary N) is 2. The van der Waals surface area contributed by atoms with Crippen LogP contribution in [0.1, 0.15) is 31.7 Å². The quantitative estimate of drug-likeness (QED) is 0.498. The Balaban J connectivity index is 1.36. The highest BCUT2D eigenvalue weighted by Gasteiger charge is 2.28. The topological polar surface area (TPSA) is 70.7 Å². The van der Waals surface area contributed by atoms with Gasteiger partial charge in [-0.1, -0.05) is 62.0 Å². The molecule has 7 heteroatoms. The number of urea groups is 1. The van der Waals surface area contributed by atoms with Crippen molar-refractivity contribution in [3.05, 3.63) is 78.4 Å². The number of fused-ring (bicyclic) bond motifs is 2. The molecule has 0 fully saturated rings. The van der Waals surface area contributed by atoms with Crippen LogP contribution in [0.4, 0.5) is 16.2 Å². The Morgan fingerprint density at radius 3 is 2.09 bits per heavy atom. The number of carbonyl (C=O) groups is 2. The molecule has 3 aromatic rings. The largest absolute Gasteiger partial charge is 0.484 e. The first kappa shape index (κ1) is 21.8. The Morgan fingerprint density at radius 2 is 1.50 bits per heavy atom. The minimum absolute atomic E-state index is 0.202. The van der Waals surface area contributed by atoms with Gasteiger partial charge in [0.2, 0.25) is 0 Å². The molecule has 0 radical (unpaired) electrons. The smallest absolute Gasteiger partial charge is 0.345 e. The van der Waals surface area contributed by atoms with E-state index in [0.717, 1.165) is 27.6 Å². The molecular formula is C25H25N3O3S. The second-order valence-corrected chi connectivity index (χ2v) is 8.60. The second kappa shape index (κ2) is 9.78. The Bertz CT molecular complexity index is 1070. The fourth-order valence-corrected chi connectivity index (χ4v) is 4.47. The molecule has 1 atom stereocenters. The van der Waals surface area contributed by atoms with Crippen molar-refractivity contribution >= 4 is 35.1 Å². The molecule has 0 aromatic heterocycles. The average molecular weight is 448 g/mol. The van der Waals surface area contributed by atoms with Crippen LogP contribution < -0.4 is 20.5 Å². The van der Waals surface area contributed by atoms with Crippen LogP contribution in [0.2, 0.25) is 0 Å². The molecule has 1 aliphatic heterocycles. The van der Waals surface area contributed by atoms with Crippen molar-refractivity contribution in [3.8, 4) is 5.75 Å². The van der Waals surface area contributed by atoms with Gasteiger partial charge in [-0.3, -0.25) is 15.1 Å². The van der Waals surface area contributed by atoms with Crippen molar-refractivity contribution < 1.29 is 14.3 Å². The number of rotatable bonds is 5. The van der Waals surface area contributed by atoms with E-state index in [4.69, 9.17) is 4.74 Å². The predicted molar refractivity (Wildman–Crippen MR) is 126 cm³/mol. The van der Waals surface area contributed by atoms with E-state index >= 15 is 0 Å². The van der Waals surface area contributed by atoms with E-state index in [2.05, 4.69) is 24.7 Å². The molecule has 3 amide bonds. The molecule has 2 N–H and O–H groups in total. The van der Waals surface area contributed by atoms with Gasteiger partial charge in [0.15, 0.2) is 6.61 Å². The first-order chi connectivity index (χ1) is 15.6. The molecule has 0 aliphatic carbocycles. The highest BCUT2D eigenvalue weighted by Crippen LogP contribution is 2.47. The number of benzene rings is 3. The first-order valence-electron chi connectivity index (χ1n) is 10.5. The number of nitrogens with zero attached hydrogens (tertiary/aromatic N) is 1. The highest BCUT2D eigenvalue weighted by atomic mass is 32.2. The van der Waals surface area contributed by atoms with E-state index < -0.39 is 11.9 Å². The summed E-state index contributed by atoms with van der Waals surface area (Å²) in [5.41, 5.74) is 7.70. The fourth-order valence-electron chi connectivity index (χ4n) is 3.42. The number of hydrogen-bond acceptors (Lipinski definition) is 4. The highest BCUT2D eigenvalue weighted by molar-refractivity contribution is 7.99. The van der Waals surface area contributed by atoms with Crippen LogP contribution in [0.15, 0.2) is 82.6 Å². The summed E-state index contributed by atoms with van der Waals surface area (Å²) < 4.78 is 5.55. The molecular weight excluding hydrogens is 422 g/mol. The van der Waals surface area contributed by atoms with Crippen LogP contribution >= 0.6 is 11.8 Å². The lowest BCUT2D eigenvalue weighted by atomic mass is 9.99. The number of para-hydroxylation sites is 2. The number of hydrazine groups is 1. The lowest BCUT2D eigenvalue weighted by molar-refractivity contribution is -0.123. The third-order valence-electron chi connectivity index (χ3n) is 5.38. The van der Waals surface area contributed by atoms with Gasteiger partial charge in [0, 0.05) is 9.79 Å². The van der Waals surface area contributed by atoms with E-state index in [1.165, 1.54) is 5.56 Å². The summed E-state index contributed by atoms with van der Waals surface area (Å²) in [4.78, 5) is 28.7. The van der Waals surface area contributed by atoms with Gasteiger partial charge in [-0.05, 0) is 54.3 Å². The zero-order valence-electron chi connectivity index (χ0n) is 18.0. The molecule has 1 unspecified atom stereocenters. The molecule has 6 nitrogen and oxygen atoms in total. The summed E-state index contributed by atoms with van der Waals surface area (Å²) >= 11 is 1.61. The number of anilines is 2. The molecule has 0 saturated carbocycles. The molecule has 4 rings (SSSR count). The maximum atomic E-state index is 13.0. The Kier molecular flexibility index (Phi) is 6.66. The Hall–Kier alpha value is -3.45. The third kappa shape index (κ3) is 4.73. The van der Waals surface area contributed by atoms with E-state index in [1.54, 1.807) is 16.7 Å². The normalized spacial score (nSPS) is 12.9. The minimum Gasteiger partial charge on any atom is -0.484 e. The van der Waals surface area contributed by atoms with Crippen LogP contribution in [0, 0.1) is 0 Å². The van der Waals surface area contributed by atoms with E-state index in [-0.39, 0.29) is 6.61 Å². The van der Waals surface area contributed by atoms with Gasteiger partial charge < -0.3 is 4.74 Å². The maximum absolute atomic E-state index is 13.0. The van der Waals surface area contributed by atoms with Crippen molar-refractivity contribution in [3.63, 3.8) is 0 Å². The first-order valence-corrected chi connectivity index (χ1v) is 11.4. The number of amides is 3. The van der Waals surface area contributed by atoms with Crippen LogP contribution in [0.25, 0.3) is 0 Å². The van der Waals surface area contributed by atoms with Gasteiger partial charge in [-0.15, -0.1) is 0 Å². The summed E-state index contributed by atoms with van der Waals surface area (Å²) in [5.74, 6) is 0.637. The summed E-state index contributed by atoms with van der Waals surface area (Å²) in [7, 11) is 0. The fraction of sp³-hybridized carbons (Fsp3) is 0.200. The van der Waals surface area contributed by atoms with Gasteiger partial charge in [0.25, 0.3) is 5.91 Å². The van der Waals surface area contributed by atoms with Gasteiger partial charge >= 0.3 is 6.03 Å². The molecule has 1 heterocycles. The lowest BCUT2D eigenvalue weighted by Crippen LogP contribution is -2.49. The van der Waals surface area contributed by atoms with Crippen molar-refractivity contribution in [1.82, 2.24) is 10.9 Å². The zero-order chi connectivity index (χ0) is 22.5. The van der Waals surface area contributed by atoms with Crippen molar-refractivity contribution in [2.75, 3.05) is 11.5 Å². The predicted octanol–water partition coefficient (Wildman–Crippen LogP) is 5.62. The average Bonchev–Trinajstić information content (AvgIpc) is 2.84. The van der Waals surface area contributed by atoms with Gasteiger partial charge in [-0.2, -0.15) is 0 Å². The Labute approximate surface area is 191 Å². The van der Waals surface area contributed by atoms with Gasteiger partial charge in [0.1, 0.15) is 5.75 Å². The molecule has 32 heavy (non-hydrogen) atoms. The monoisotopic (exact) mass is 447 g/mol. The number of carbonyl (C=O) groups excluding carboxylic acids is 2. The van der Waals surface area contributed by atoms with Crippen molar-refractivity contribution in [2.24, 2.45) is 0 Å². The van der Waals surface area contributed by atoms with E-state index in [0.29, 0.717) is 11.7 Å². The molecule has 164 valence electrons. The summed E-state index contributed by atoms with van der Waals surface area (Å²) in [6.07, 6.45) is 1.06. The number of ether oxygens (including phenoxy) is 1. The molecule has 0 spiro atoms. The lowest BCUT2D eigenvalue weighted by Gasteiger charge is -2.30.